The van der Waals surface area contributed by atoms with Gasteiger partial charge >= 0.3 is 5.69 Å². The van der Waals surface area contributed by atoms with Crippen molar-refractivity contribution in [3.63, 3.8) is 0 Å². The molecule has 35 heavy (non-hydrogen) atoms. The van der Waals surface area contributed by atoms with Crippen molar-refractivity contribution in [1.82, 2.24) is 20.3 Å². The Labute approximate surface area is 202 Å². The van der Waals surface area contributed by atoms with Crippen molar-refractivity contribution in [2.45, 2.75) is 45.3 Å². The molecular weight excluding hydrogens is 444 g/mol. The zero-order valence-electron chi connectivity index (χ0n) is 19.5. The summed E-state index contributed by atoms with van der Waals surface area (Å²) in [5, 5.41) is 14.2. The van der Waals surface area contributed by atoms with E-state index in [1.807, 2.05) is 37.3 Å². The van der Waals surface area contributed by atoms with Crippen LogP contribution in [0.2, 0.25) is 0 Å². The maximum absolute atomic E-state index is 13.0. The molecule has 1 aliphatic rings. The highest BCUT2D eigenvalue weighted by Gasteiger charge is 2.31. The number of aromatic hydroxyl groups is 1. The molecule has 0 bridgehead atoms. The van der Waals surface area contributed by atoms with Gasteiger partial charge in [-0.3, -0.25) is 14.8 Å². The first-order valence-corrected chi connectivity index (χ1v) is 11.9. The lowest BCUT2D eigenvalue weighted by molar-refractivity contribution is 0.0920. The second-order valence-electron chi connectivity index (χ2n) is 9.09. The van der Waals surface area contributed by atoms with Crippen LogP contribution in [0.5, 0.6) is 11.6 Å². The lowest BCUT2D eigenvalue weighted by Gasteiger charge is -2.23. The molecular formula is C27H28N4O4. The number of amides is 1. The van der Waals surface area contributed by atoms with E-state index < -0.39 is 11.7 Å². The van der Waals surface area contributed by atoms with Gasteiger partial charge in [0.15, 0.2) is 0 Å². The zero-order chi connectivity index (χ0) is 24.4. The average Bonchev–Trinajstić information content (AvgIpc) is 3.50. The summed E-state index contributed by atoms with van der Waals surface area (Å²) in [6.07, 6.45) is 3.97. The summed E-state index contributed by atoms with van der Waals surface area (Å²) in [5.41, 5.74) is 3.23. The van der Waals surface area contributed by atoms with Gasteiger partial charge in [0.1, 0.15) is 18.1 Å². The van der Waals surface area contributed by atoms with Crippen molar-refractivity contribution in [2.24, 2.45) is 5.92 Å². The maximum atomic E-state index is 13.0. The summed E-state index contributed by atoms with van der Waals surface area (Å²) in [7, 11) is 0. The number of nitrogens with zero attached hydrogens (tertiary/aromatic N) is 1. The van der Waals surface area contributed by atoms with Gasteiger partial charge in [-0.15, -0.1) is 0 Å². The number of carbonyl (C=O) groups is 1. The molecule has 180 valence electrons. The van der Waals surface area contributed by atoms with E-state index in [0.29, 0.717) is 23.6 Å². The van der Waals surface area contributed by atoms with Gasteiger partial charge < -0.3 is 20.1 Å². The SMILES string of the molecule is Cc1cc(COc2ccc(C(=O)NC(c3[nH]c(=O)[nH]c3O)C3CCCC3)cc2)c2ccccc2n1. The molecule has 1 unspecified atom stereocenters. The van der Waals surface area contributed by atoms with Crippen LogP contribution < -0.4 is 15.7 Å². The molecule has 2 aromatic heterocycles. The topological polar surface area (TPSA) is 120 Å². The van der Waals surface area contributed by atoms with E-state index >= 15 is 0 Å². The van der Waals surface area contributed by atoms with Crippen molar-refractivity contribution in [3.05, 3.63) is 87.6 Å². The molecule has 1 atom stereocenters. The lowest BCUT2D eigenvalue weighted by Crippen LogP contribution is -2.33. The van der Waals surface area contributed by atoms with Crippen LogP contribution >= 0.6 is 0 Å². The van der Waals surface area contributed by atoms with E-state index in [0.717, 1.165) is 47.8 Å². The number of pyridine rings is 1. The molecule has 1 saturated carbocycles. The summed E-state index contributed by atoms with van der Waals surface area (Å²) in [5.74, 6) is 0.304. The number of rotatable bonds is 7. The molecule has 2 aromatic carbocycles. The van der Waals surface area contributed by atoms with Crippen LogP contribution in [0.1, 0.15) is 59.0 Å². The number of imidazole rings is 1. The average molecular weight is 473 g/mol. The Kier molecular flexibility index (Phi) is 6.27. The standard InChI is InChI=1S/C27H28N4O4/c1-16-14-19(21-8-4-5-9-22(21)28-16)15-35-20-12-10-18(11-13-20)25(32)29-23(17-6-2-3-7-17)24-26(33)31-27(34)30-24/h4-5,8-14,17,23,33H,2-3,6-7,15H2,1H3,(H,29,32)(H2,30,31,34). The van der Waals surface area contributed by atoms with Crippen molar-refractivity contribution in [2.75, 3.05) is 0 Å². The summed E-state index contributed by atoms with van der Waals surface area (Å²) in [4.78, 5) is 34.3. The van der Waals surface area contributed by atoms with Gasteiger partial charge in [0, 0.05) is 22.2 Å². The number of para-hydroxylation sites is 1. The third kappa shape index (κ3) is 4.91. The van der Waals surface area contributed by atoms with E-state index in [2.05, 4.69) is 20.3 Å². The Hall–Kier alpha value is -4.07. The molecule has 8 heteroatoms. The molecule has 4 N–H and O–H groups in total. The molecule has 0 aliphatic heterocycles. The normalized spacial score (nSPS) is 14.8. The third-order valence-electron chi connectivity index (χ3n) is 6.64. The monoisotopic (exact) mass is 472 g/mol. The summed E-state index contributed by atoms with van der Waals surface area (Å²) in [6.45, 7) is 2.35. The van der Waals surface area contributed by atoms with Crippen LogP contribution in [-0.4, -0.2) is 26.0 Å². The number of ether oxygens (including phenoxy) is 1. The van der Waals surface area contributed by atoms with Gasteiger partial charge in [0.2, 0.25) is 5.88 Å². The third-order valence-corrected chi connectivity index (χ3v) is 6.64. The Morgan fingerprint density at radius 2 is 1.89 bits per heavy atom. The number of fused-ring (bicyclic) bond motifs is 1. The largest absolute Gasteiger partial charge is 0.493 e. The molecule has 2 heterocycles. The van der Waals surface area contributed by atoms with E-state index in [4.69, 9.17) is 4.74 Å². The fraction of sp³-hybridized carbons (Fsp3) is 0.296. The zero-order valence-corrected chi connectivity index (χ0v) is 19.5. The fourth-order valence-corrected chi connectivity index (χ4v) is 4.93. The summed E-state index contributed by atoms with van der Waals surface area (Å²) >= 11 is 0. The van der Waals surface area contributed by atoms with E-state index in [1.165, 1.54) is 0 Å². The van der Waals surface area contributed by atoms with E-state index in [-0.39, 0.29) is 17.7 Å². The number of carbonyl (C=O) groups excluding carboxylic acids is 1. The number of aryl methyl sites for hydroxylation is 1. The fourth-order valence-electron chi connectivity index (χ4n) is 4.93. The molecule has 0 saturated heterocycles. The van der Waals surface area contributed by atoms with Crippen LogP contribution in [0, 0.1) is 12.8 Å². The number of aromatic nitrogens is 3. The van der Waals surface area contributed by atoms with Gasteiger partial charge in [0.25, 0.3) is 5.91 Å². The number of hydrogen-bond donors (Lipinski definition) is 4. The van der Waals surface area contributed by atoms with Gasteiger partial charge in [0.05, 0.1) is 11.6 Å². The van der Waals surface area contributed by atoms with Crippen LogP contribution in [0.25, 0.3) is 10.9 Å². The summed E-state index contributed by atoms with van der Waals surface area (Å²) < 4.78 is 6.00. The quantitative estimate of drug-likeness (QED) is 0.316. The van der Waals surface area contributed by atoms with Crippen molar-refractivity contribution >= 4 is 16.8 Å². The van der Waals surface area contributed by atoms with Crippen molar-refractivity contribution in [1.29, 1.82) is 0 Å². The van der Waals surface area contributed by atoms with Gasteiger partial charge in [-0.2, -0.15) is 0 Å². The first-order chi connectivity index (χ1) is 17.0. The van der Waals surface area contributed by atoms with Crippen molar-refractivity contribution in [3.8, 4) is 11.6 Å². The number of aromatic amines is 2. The molecule has 0 spiro atoms. The summed E-state index contributed by atoms with van der Waals surface area (Å²) in [6, 6.07) is 16.5. The Morgan fingerprint density at radius 1 is 1.14 bits per heavy atom. The van der Waals surface area contributed by atoms with Gasteiger partial charge in [-0.05, 0) is 62.1 Å². The number of H-pyrrole nitrogens is 2. The second kappa shape index (κ2) is 9.66. The van der Waals surface area contributed by atoms with E-state index in [9.17, 15) is 14.7 Å². The van der Waals surface area contributed by atoms with Crippen LogP contribution in [-0.2, 0) is 6.61 Å². The van der Waals surface area contributed by atoms with Gasteiger partial charge in [-0.1, -0.05) is 31.0 Å². The Morgan fingerprint density at radius 3 is 2.60 bits per heavy atom. The van der Waals surface area contributed by atoms with Crippen LogP contribution in [0.4, 0.5) is 0 Å². The molecule has 4 aromatic rings. The van der Waals surface area contributed by atoms with Crippen LogP contribution in [0.15, 0.2) is 59.4 Å². The maximum Gasteiger partial charge on any atom is 0.326 e. The van der Waals surface area contributed by atoms with Gasteiger partial charge in [-0.25, -0.2) is 4.79 Å². The minimum Gasteiger partial charge on any atom is -0.493 e. The Balaban J connectivity index is 1.29. The van der Waals surface area contributed by atoms with E-state index in [1.54, 1.807) is 24.3 Å². The first-order valence-electron chi connectivity index (χ1n) is 11.9. The molecule has 8 nitrogen and oxygen atoms in total. The predicted octanol–water partition coefficient (Wildman–Crippen LogP) is 4.51. The predicted molar refractivity (Wildman–Crippen MR) is 132 cm³/mol. The molecule has 1 fully saturated rings. The highest BCUT2D eigenvalue weighted by Crippen LogP contribution is 2.37. The Bertz CT molecular complexity index is 1400. The number of benzene rings is 2. The molecule has 0 radical (unpaired) electrons. The van der Waals surface area contributed by atoms with Crippen LogP contribution in [0.3, 0.4) is 0 Å². The first kappa shape index (κ1) is 22.7. The minimum absolute atomic E-state index is 0.151. The highest BCUT2D eigenvalue weighted by molar-refractivity contribution is 5.94. The minimum atomic E-state index is -0.492. The number of nitrogens with one attached hydrogen (secondary N) is 3. The molecule has 1 amide bonds. The highest BCUT2D eigenvalue weighted by atomic mass is 16.5. The lowest BCUT2D eigenvalue weighted by atomic mass is 9.95. The molecule has 1 aliphatic carbocycles. The molecule has 5 rings (SSSR count). The van der Waals surface area contributed by atoms with Crippen molar-refractivity contribution < 1.29 is 14.6 Å². The second-order valence-corrected chi connectivity index (χ2v) is 9.09. The number of hydrogen-bond acceptors (Lipinski definition) is 5. The smallest absolute Gasteiger partial charge is 0.326 e.